The van der Waals surface area contributed by atoms with Crippen LogP contribution in [0.1, 0.15) is 22.3 Å². The summed E-state index contributed by atoms with van der Waals surface area (Å²) < 4.78 is 13.0. The van der Waals surface area contributed by atoms with Gasteiger partial charge in [0.25, 0.3) is 0 Å². The Bertz CT molecular complexity index is 2400. The van der Waals surface area contributed by atoms with Crippen LogP contribution in [0.15, 0.2) is 156 Å². The summed E-state index contributed by atoms with van der Waals surface area (Å²) in [5.74, 6) is 3.50. The van der Waals surface area contributed by atoms with Gasteiger partial charge in [0.2, 0.25) is 0 Å². The van der Waals surface area contributed by atoms with Gasteiger partial charge in [-0.25, -0.2) is 15.0 Å². The number of aromatic nitrogens is 3. The lowest BCUT2D eigenvalue weighted by Gasteiger charge is -2.39. The fourth-order valence-corrected chi connectivity index (χ4v) is 7.56. The van der Waals surface area contributed by atoms with Gasteiger partial charge in [-0.15, -0.1) is 0 Å². The molecule has 0 saturated heterocycles. The number of fused-ring (bicyclic) bond motifs is 11. The number of nitrogens with zero attached hydrogens (tertiary/aromatic N) is 3. The van der Waals surface area contributed by atoms with Crippen molar-refractivity contribution in [3.63, 3.8) is 0 Å². The van der Waals surface area contributed by atoms with Crippen molar-refractivity contribution in [2.75, 3.05) is 0 Å². The number of benzene rings is 6. The van der Waals surface area contributed by atoms with Crippen molar-refractivity contribution in [3.8, 4) is 56.8 Å². The monoisotopic (exact) mass is 603 g/mol. The summed E-state index contributed by atoms with van der Waals surface area (Å²) in [4.78, 5) is 15.2. The molecule has 47 heavy (non-hydrogen) atoms. The molecule has 1 spiro atoms. The summed E-state index contributed by atoms with van der Waals surface area (Å²) in [7, 11) is 0. The highest BCUT2D eigenvalue weighted by Gasteiger charge is 2.52. The highest BCUT2D eigenvalue weighted by Crippen LogP contribution is 2.63. The van der Waals surface area contributed by atoms with E-state index in [0.29, 0.717) is 17.5 Å². The highest BCUT2D eigenvalue weighted by molar-refractivity contribution is 6.07. The van der Waals surface area contributed by atoms with Gasteiger partial charge in [0.05, 0.1) is 11.7 Å². The van der Waals surface area contributed by atoms with Crippen LogP contribution in [0.5, 0.6) is 11.5 Å². The minimum absolute atomic E-state index is 0.589. The maximum atomic E-state index is 6.55. The smallest absolute Gasteiger partial charge is 0.164 e. The van der Waals surface area contributed by atoms with Gasteiger partial charge < -0.3 is 9.15 Å². The van der Waals surface area contributed by atoms with E-state index in [1.54, 1.807) is 6.26 Å². The molecule has 0 radical (unpaired) electrons. The van der Waals surface area contributed by atoms with Crippen LogP contribution in [0.3, 0.4) is 0 Å². The minimum atomic E-state index is -0.648. The first kappa shape index (κ1) is 25.9. The molecule has 2 aromatic heterocycles. The first-order chi connectivity index (χ1) is 23.3. The van der Waals surface area contributed by atoms with Crippen LogP contribution in [0.2, 0.25) is 0 Å². The van der Waals surface area contributed by atoms with Crippen LogP contribution >= 0.6 is 0 Å². The zero-order valence-electron chi connectivity index (χ0n) is 25.1. The lowest BCUT2D eigenvalue weighted by atomic mass is 9.66. The van der Waals surface area contributed by atoms with Gasteiger partial charge >= 0.3 is 0 Å². The van der Waals surface area contributed by atoms with E-state index in [1.807, 2.05) is 78.9 Å². The minimum Gasteiger partial charge on any atom is -0.464 e. The van der Waals surface area contributed by atoms with Gasteiger partial charge in [0, 0.05) is 38.8 Å². The van der Waals surface area contributed by atoms with E-state index < -0.39 is 5.41 Å². The number of para-hydroxylation sites is 2. The molecule has 2 aliphatic rings. The van der Waals surface area contributed by atoms with E-state index >= 15 is 0 Å². The quantitative estimate of drug-likeness (QED) is 0.201. The van der Waals surface area contributed by atoms with Crippen molar-refractivity contribution in [1.82, 2.24) is 15.0 Å². The van der Waals surface area contributed by atoms with Crippen molar-refractivity contribution in [1.29, 1.82) is 0 Å². The number of hydrogen-bond acceptors (Lipinski definition) is 5. The zero-order chi connectivity index (χ0) is 31.0. The van der Waals surface area contributed by atoms with E-state index in [2.05, 4.69) is 66.7 Å². The Morgan fingerprint density at radius 2 is 0.979 bits per heavy atom. The molecule has 0 N–H and O–H groups in total. The van der Waals surface area contributed by atoms with E-state index in [1.165, 1.54) is 5.56 Å². The second-order valence-corrected chi connectivity index (χ2v) is 11.9. The van der Waals surface area contributed by atoms with Gasteiger partial charge in [0.15, 0.2) is 17.5 Å². The Morgan fingerprint density at radius 1 is 0.447 bits per heavy atom. The molecule has 1 aliphatic heterocycles. The maximum Gasteiger partial charge on any atom is 0.164 e. The van der Waals surface area contributed by atoms with Gasteiger partial charge in [0.1, 0.15) is 17.1 Å². The van der Waals surface area contributed by atoms with Crippen LogP contribution < -0.4 is 4.74 Å². The third-order valence-electron chi connectivity index (χ3n) is 9.49. The first-order valence-corrected chi connectivity index (χ1v) is 15.7. The molecule has 6 aromatic carbocycles. The number of furan rings is 1. The van der Waals surface area contributed by atoms with Gasteiger partial charge in [-0.2, -0.15) is 0 Å². The van der Waals surface area contributed by atoms with Crippen molar-refractivity contribution in [2.45, 2.75) is 5.41 Å². The molecule has 5 nitrogen and oxygen atoms in total. The molecular formula is C42H25N3O2. The number of ether oxygens (including phenoxy) is 1. The molecule has 0 fully saturated rings. The molecule has 0 bridgehead atoms. The molecule has 0 unspecified atom stereocenters. The molecule has 0 amide bonds. The summed E-state index contributed by atoms with van der Waals surface area (Å²) >= 11 is 0. The normalized spacial score (nSPS) is 13.4. The highest BCUT2D eigenvalue weighted by atomic mass is 16.5. The van der Waals surface area contributed by atoms with E-state index in [9.17, 15) is 0 Å². The van der Waals surface area contributed by atoms with Gasteiger partial charge in [-0.1, -0.05) is 121 Å². The van der Waals surface area contributed by atoms with Crippen molar-refractivity contribution in [2.24, 2.45) is 0 Å². The Labute approximate surface area is 270 Å². The third kappa shape index (κ3) is 3.62. The first-order valence-electron chi connectivity index (χ1n) is 15.7. The molecule has 10 rings (SSSR count). The fourth-order valence-electron chi connectivity index (χ4n) is 7.56. The topological polar surface area (TPSA) is 61.0 Å². The molecule has 220 valence electrons. The lowest BCUT2D eigenvalue weighted by Crippen LogP contribution is -2.32. The second kappa shape index (κ2) is 9.83. The summed E-state index contributed by atoms with van der Waals surface area (Å²) in [6, 6.07) is 49.9. The zero-order valence-corrected chi connectivity index (χ0v) is 25.1. The molecule has 1 aliphatic carbocycles. The molecule has 0 atom stereocenters. The predicted molar refractivity (Wildman–Crippen MR) is 183 cm³/mol. The molecule has 0 saturated carbocycles. The largest absolute Gasteiger partial charge is 0.464 e. The van der Waals surface area contributed by atoms with E-state index in [0.717, 1.165) is 67.0 Å². The molecule has 5 heteroatoms. The van der Waals surface area contributed by atoms with E-state index in [4.69, 9.17) is 24.1 Å². The van der Waals surface area contributed by atoms with E-state index in [-0.39, 0.29) is 0 Å². The standard InChI is InChI=1S/C42H25N3O2/c1-3-13-26(14-4-1)39-43-40(27-15-5-2-6-16-27)45-41(44-39)30-25-34-37(38-28(30)23-24-46-38)29-17-7-8-18-31(29)42(34)32-19-9-11-21-35(32)47-36-22-12-10-20-33(36)42/h1-25H. The van der Waals surface area contributed by atoms with Gasteiger partial charge in [-0.05, 0) is 41.0 Å². The molecule has 8 aromatic rings. The summed E-state index contributed by atoms with van der Waals surface area (Å²) in [5, 5.41) is 0.952. The molecular weight excluding hydrogens is 578 g/mol. The van der Waals surface area contributed by atoms with Crippen molar-refractivity contribution in [3.05, 3.63) is 174 Å². The second-order valence-electron chi connectivity index (χ2n) is 11.9. The summed E-state index contributed by atoms with van der Waals surface area (Å²) in [5.41, 5.74) is 9.61. The average Bonchev–Trinajstić information content (AvgIpc) is 3.74. The lowest BCUT2D eigenvalue weighted by molar-refractivity contribution is 0.436. The van der Waals surface area contributed by atoms with Crippen molar-refractivity contribution < 1.29 is 9.15 Å². The van der Waals surface area contributed by atoms with Gasteiger partial charge in [-0.3, -0.25) is 0 Å². The average molecular weight is 604 g/mol. The number of hydrogen-bond donors (Lipinski definition) is 0. The Morgan fingerprint density at radius 3 is 1.62 bits per heavy atom. The SMILES string of the molecule is c1ccc(-c2nc(-c3ccccc3)nc(-c3cc4c(c5occc35)-c3ccccc3C43c4ccccc4Oc4ccccc43)n2)cc1. The summed E-state index contributed by atoms with van der Waals surface area (Å²) in [6.07, 6.45) is 1.77. The van der Waals surface area contributed by atoms with Crippen LogP contribution in [0.25, 0.3) is 56.3 Å². The molecule has 3 heterocycles. The Kier molecular flexibility index (Phi) is 5.43. The summed E-state index contributed by atoms with van der Waals surface area (Å²) in [6.45, 7) is 0. The van der Waals surface area contributed by atoms with Crippen LogP contribution in [-0.2, 0) is 5.41 Å². The Balaban J connectivity index is 1.33. The van der Waals surface area contributed by atoms with Crippen LogP contribution in [0, 0.1) is 0 Å². The fraction of sp³-hybridized carbons (Fsp3) is 0.0238. The third-order valence-corrected chi connectivity index (χ3v) is 9.49. The maximum absolute atomic E-state index is 6.55. The number of rotatable bonds is 3. The Hall–Kier alpha value is -6.33. The predicted octanol–water partition coefficient (Wildman–Crippen LogP) is 10.1. The van der Waals surface area contributed by atoms with Crippen molar-refractivity contribution >= 4 is 11.0 Å². The van der Waals surface area contributed by atoms with Crippen LogP contribution in [0.4, 0.5) is 0 Å². The van der Waals surface area contributed by atoms with Crippen LogP contribution in [-0.4, -0.2) is 15.0 Å².